The van der Waals surface area contributed by atoms with Crippen LogP contribution >= 0.6 is 11.8 Å². The maximum Gasteiger partial charge on any atom is 0.102 e. The third-order valence-corrected chi connectivity index (χ3v) is 4.13. The van der Waals surface area contributed by atoms with Gasteiger partial charge in [0.1, 0.15) is 6.07 Å². The molecule has 3 nitrogen and oxygen atoms in total. The highest BCUT2D eigenvalue weighted by Gasteiger charge is 2.20. The lowest BCUT2D eigenvalue weighted by atomic mass is 10.1. The van der Waals surface area contributed by atoms with Gasteiger partial charge < -0.3 is 10.2 Å². The van der Waals surface area contributed by atoms with Crippen LogP contribution in [-0.2, 0) is 0 Å². The minimum atomic E-state index is 0.462. The summed E-state index contributed by atoms with van der Waals surface area (Å²) >= 11 is 1.73. The molecular weight excluding hydrogens is 242 g/mol. The van der Waals surface area contributed by atoms with E-state index in [0.29, 0.717) is 6.04 Å². The smallest absolute Gasteiger partial charge is 0.102 e. The lowest BCUT2D eigenvalue weighted by Gasteiger charge is -2.16. The number of nitriles is 1. The summed E-state index contributed by atoms with van der Waals surface area (Å²) in [4.78, 5) is 3.39. The van der Waals surface area contributed by atoms with Crippen LogP contribution in [0.1, 0.15) is 18.9 Å². The SMILES string of the molecule is CCSc1cccc(NC2CCN(C)C2)c1C#N. The molecule has 0 amide bonds. The molecule has 96 valence electrons. The highest BCUT2D eigenvalue weighted by molar-refractivity contribution is 7.99. The number of benzene rings is 1. The van der Waals surface area contributed by atoms with Crippen LogP contribution in [0.25, 0.3) is 0 Å². The van der Waals surface area contributed by atoms with Crippen LogP contribution in [-0.4, -0.2) is 36.8 Å². The van der Waals surface area contributed by atoms with Crippen LogP contribution in [0.4, 0.5) is 5.69 Å². The molecule has 0 aromatic heterocycles. The predicted octanol–water partition coefficient (Wildman–Crippen LogP) is 2.79. The average Bonchev–Trinajstić information content (AvgIpc) is 2.76. The summed E-state index contributed by atoms with van der Waals surface area (Å²) in [6.07, 6.45) is 1.15. The van der Waals surface area contributed by atoms with Crippen molar-refractivity contribution in [1.82, 2.24) is 4.90 Å². The fourth-order valence-corrected chi connectivity index (χ4v) is 3.10. The van der Waals surface area contributed by atoms with Gasteiger partial charge in [-0.25, -0.2) is 0 Å². The van der Waals surface area contributed by atoms with Crippen LogP contribution < -0.4 is 5.32 Å². The maximum absolute atomic E-state index is 9.34. The van der Waals surface area contributed by atoms with Gasteiger partial charge >= 0.3 is 0 Å². The molecule has 1 saturated heterocycles. The van der Waals surface area contributed by atoms with Crippen molar-refractivity contribution in [2.45, 2.75) is 24.3 Å². The summed E-state index contributed by atoms with van der Waals surface area (Å²) in [6.45, 7) is 4.29. The van der Waals surface area contributed by atoms with E-state index in [1.54, 1.807) is 11.8 Å². The zero-order chi connectivity index (χ0) is 13.0. The molecule has 4 heteroatoms. The van der Waals surface area contributed by atoms with E-state index >= 15 is 0 Å². The lowest BCUT2D eigenvalue weighted by molar-refractivity contribution is 0.414. The van der Waals surface area contributed by atoms with Gasteiger partial charge in [0, 0.05) is 17.5 Å². The fraction of sp³-hybridized carbons (Fsp3) is 0.500. The second kappa shape index (κ2) is 6.12. The van der Waals surface area contributed by atoms with Crippen LogP contribution in [0, 0.1) is 11.3 Å². The first-order valence-electron chi connectivity index (χ1n) is 6.35. The molecule has 2 rings (SSSR count). The molecule has 1 heterocycles. The molecular formula is C14H19N3S. The molecule has 1 atom stereocenters. The summed E-state index contributed by atoms with van der Waals surface area (Å²) in [5.74, 6) is 0.990. The second-order valence-electron chi connectivity index (χ2n) is 4.62. The highest BCUT2D eigenvalue weighted by atomic mass is 32.2. The van der Waals surface area contributed by atoms with E-state index in [9.17, 15) is 5.26 Å². The first kappa shape index (κ1) is 13.3. The average molecular weight is 261 g/mol. The van der Waals surface area contributed by atoms with Crippen LogP contribution in [0.15, 0.2) is 23.1 Å². The van der Waals surface area contributed by atoms with Crippen molar-refractivity contribution in [2.75, 3.05) is 31.2 Å². The number of anilines is 1. The number of thioether (sulfide) groups is 1. The molecule has 0 radical (unpaired) electrons. The monoisotopic (exact) mass is 261 g/mol. The highest BCUT2D eigenvalue weighted by Crippen LogP contribution is 2.28. The Morgan fingerprint density at radius 1 is 1.56 bits per heavy atom. The van der Waals surface area contributed by atoms with Crippen LogP contribution in [0.3, 0.4) is 0 Å². The Labute approximate surface area is 113 Å². The topological polar surface area (TPSA) is 39.1 Å². The molecule has 1 fully saturated rings. The molecule has 1 aliphatic rings. The van der Waals surface area contributed by atoms with Gasteiger partial charge in [0.2, 0.25) is 0 Å². The van der Waals surface area contributed by atoms with Gasteiger partial charge in [0.15, 0.2) is 0 Å². The van der Waals surface area contributed by atoms with E-state index in [2.05, 4.69) is 30.3 Å². The molecule has 1 aliphatic heterocycles. The van der Waals surface area contributed by atoms with Crippen molar-refractivity contribution in [1.29, 1.82) is 5.26 Å². The lowest BCUT2D eigenvalue weighted by Crippen LogP contribution is -2.23. The van der Waals surface area contributed by atoms with Crippen molar-refractivity contribution in [3.63, 3.8) is 0 Å². The third-order valence-electron chi connectivity index (χ3n) is 3.19. The van der Waals surface area contributed by atoms with Gasteiger partial charge in [-0.15, -0.1) is 11.8 Å². The number of hydrogen-bond acceptors (Lipinski definition) is 4. The summed E-state index contributed by atoms with van der Waals surface area (Å²) in [6, 6.07) is 8.86. The summed E-state index contributed by atoms with van der Waals surface area (Å²) in [7, 11) is 2.14. The molecule has 0 bridgehead atoms. The first-order valence-corrected chi connectivity index (χ1v) is 7.34. The Hall–Kier alpha value is -1.18. The van der Waals surface area contributed by atoms with Crippen molar-refractivity contribution in [3.8, 4) is 6.07 Å². The Bertz CT molecular complexity index is 453. The quantitative estimate of drug-likeness (QED) is 0.846. The molecule has 0 saturated carbocycles. The Balaban J connectivity index is 2.17. The normalized spacial score (nSPS) is 19.7. The van der Waals surface area contributed by atoms with Crippen molar-refractivity contribution < 1.29 is 0 Å². The molecule has 1 aromatic carbocycles. The third kappa shape index (κ3) is 2.98. The zero-order valence-corrected chi connectivity index (χ0v) is 11.8. The van der Waals surface area contributed by atoms with E-state index in [4.69, 9.17) is 0 Å². The van der Waals surface area contributed by atoms with Crippen molar-refractivity contribution in [3.05, 3.63) is 23.8 Å². The summed E-state index contributed by atoms with van der Waals surface area (Å²) < 4.78 is 0. The molecule has 0 aliphatic carbocycles. The minimum Gasteiger partial charge on any atom is -0.380 e. The number of hydrogen-bond donors (Lipinski definition) is 1. The van der Waals surface area contributed by atoms with E-state index in [1.807, 2.05) is 18.2 Å². The molecule has 0 spiro atoms. The maximum atomic E-state index is 9.34. The number of rotatable bonds is 4. The van der Waals surface area contributed by atoms with Gasteiger partial charge in [-0.1, -0.05) is 13.0 Å². The first-order chi connectivity index (χ1) is 8.74. The largest absolute Gasteiger partial charge is 0.380 e. The Kier molecular flexibility index (Phi) is 4.51. The van der Waals surface area contributed by atoms with E-state index in [0.717, 1.165) is 41.4 Å². The molecule has 1 aromatic rings. The van der Waals surface area contributed by atoms with Crippen molar-refractivity contribution in [2.24, 2.45) is 0 Å². The number of nitrogens with one attached hydrogen (secondary N) is 1. The van der Waals surface area contributed by atoms with Gasteiger partial charge in [-0.3, -0.25) is 0 Å². The Morgan fingerprint density at radius 3 is 3.00 bits per heavy atom. The van der Waals surface area contributed by atoms with Gasteiger partial charge in [0.25, 0.3) is 0 Å². The van der Waals surface area contributed by atoms with E-state index in [-0.39, 0.29) is 0 Å². The summed E-state index contributed by atoms with van der Waals surface area (Å²) in [5, 5.41) is 12.9. The molecule has 1 unspecified atom stereocenters. The summed E-state index contributed by atoms with van der Waals surface area (Å²) in [5.41, 5.74) is 1.77. The fourth-order valence-electron chi connectivity index (χ4n) is 2.32. The predicted molar refractivity (Wildman–Crippen MR) is 77.1 cm³/mol. The number of likely N-dealkylation sites (tertiary alicyclic amines) is 1. The molecule has 1 N–H and O–H groups in total. The number of likely N-dealkylation sites (N-methyl/N-ethyl adjacent to an activating group) is 1. The Morgan fingerprint density at radius 2 is 2.39 bits per heavy atom. The van der Waals surface area contributed by atoms with Gasteiger partial charge in [-0.05, 0) is 37.9 Å². The van der Waals surface area contributed by atoms with E-state index < -0.39 is 0 Å². The van der Waals surface area contributed by atoms with E-state index in [1.165, 1.54) is 0 Å². The van der Waals surface area contributed by atoms with Crippen LogP contribution in [0.5, 0.6) is 0 Å². The van der Waals surface area contributed by atoms with Crippen LogP contribution in [0.2, 0.25) is 0 Å². The van der Waals surface area contributed by atoms with Gasteiger partial charge in [-0.2, -0.15) is 5.26 Å². The zero-order valence-electron chi connectivity index (χ0n) is 10.9. The molecule has 18 heavy (non-hydrogen) atoms. The van der Waals surface area contributed by atoms with Crippen molar-refractivity contribution >= 4 is 17.4 Å². The standard InChI is InChI=1S/C14H19N3S/c1-3-18-14-6-4-5-13(12(14)9-15)16-11-7-8-17(2)10-11/h4-6,11,16H,3,7-8,10H2,1-2H3. The minimum absolute atomic E-state index is 0.462. The van der Waals surface area contributed by atoms with Gasteiger partial charge in [0.05, 0.1) is 11.3 Å². The number of nitrogens with zero attached hydrogens (tertiary/aromatic N) is 2. The second-order valence-corrected chi connectivity index (χ2v) is 5.92.